The van der Waals surface area contributed by atoms with Gasteiger partial charge in [-0.05, 0) is 72.4 Å². The van der Waals surface area contributed by atoms with Gasteiger partial charge in [0.2, 0.25) is 0 Å². The van der Waals surface area contributed by atoms with E-state index in [9.17, 15) is 9.59 Å². The van der Waals surface area contributed by atoms with Gasteiger partial charge in [-0.2, -0.15) is 0 Å². The summed E-state index contributed by atoms with van der Waals surface area (Å²) >= 11 is 0. The fraction of sp³-hybridized carbons (Fsp3) is 0.481. The molecule has 2 aromatic carbocycles. The average molecular weight is 415 g/mol. The summed E-state index contributed by atoms with van der Waals surface area (Å²) in [4.78, 5) is 19.9. The number of aryl methyl sites for hydroxylation is 3. The van der Waals surface area contributed by atoms with E-state index in [1.165, 1.54) is 37.0 Å². The van der Waals surface area contributed by atoms with Gasteiger partial charge in [-0.15, -0.1) is 0 Å². The molecule has 3 nitrogen and oxygen atoms in total. The van der Waals surface area contributed by atoms with Crippen molar-refractivity contribution >= 4 is 11.6 Å². The van der Waals surface area contributed by atoms with E-state index in [0.29, 0.717) is 5.78 Å². The van der Waals surface area contributed by atoms with Gasteiger partial charge in [-0.25, -0.2) is 0 Å². The summed E-state index contributed by atoms with van der Waals surface area (Å²) in [6.07, 6.45) is 5.07. The number of ketones is 2. The summed E-state index contributed by atoms with van der Waals surface area (Å²) in [7, 11) is 0. The minimum absolute atomic E-state index is 0.167. The molecule has 1 saturated carbocycles. The highest BCUT2D eigenvalue weighted by Crippen LogP contribution is 2.12. The number of carbonyl (C=O) groups excluding carboxylic acids is 2. The van der Waals surface area contributed by atoms with Crippen LogP contribution in [-0.2, 0) is 9.59 Å². The molecule has 168 valence electrons. The highest BCUT2D eigenvalue weighted by atomic mass is 16.3. The standard InChI is InChI=1S/C8H10.C7H8.C6H10O.C3H8O.C3H6O/c1-7-5-3-4-6-8(7)2;1-7-5-3-2-4-6-7;7-6-4-2-1-3-5-6;2*1-3(2)4/h3-6H,1-2H3;2-6H,1H3;1-5H2;3-4H,1-2H3;1-2H3. The summed E-state index contributed by atoms with van der Waals surface area (Å²) in [5.74, 6) is 0.631. The number of hydrogen-bond donors (Lipinski definition) is 1. The molecule has 0 heterocycles. The largest absolute Gasteiger partial charge is 0.394 e. The molecular weight excluding hydrogens is 372 g/mol. The number of hydrogen-bond acceptors (Lipinski definition) is 3. The van der Waals surface area contributed by atoms with Gasteiger partial charge in [-0.3, -0.25) is 4.79 Å². The number of aliphatic hydroxyl groups excluding tert-OH is 1. The third kappa shape index (κ3) is 25.7. The molecular formula is C27H42O3. The maximum absolute atomic E-state index is 10.5. The summed E-state index contributed by atoms with van der Waals surface area (Å²) in [5, 5.41) is 8.06. The van der Waals surface area contributed by atoms with E-state index in [1.54, 1.807) is 13.8 Å². The van der Waals surface area contributed by atoms with Gasteiger partial charge in [0.15, 0.2) is 0 Å². The monoisotopic (exact) mass is 414 g/mol. The maximum atomic E-state index is 10.5. The minimum atomic E-state index is -0.167. The summed E-state index contributed by atoms with van der Waals surface area (Å²) in [6, 6.07) is 18.6. The lowest BCUT2D eigenvalue weighted by molar-refractivity contribution is -0.120. The van der Waals surface area contributed by atoms with Gasteiger partial charge < -0.3 is 9.90 Å². The van der Waals surface area contributed by atoms with Crippen LogP contribution >= 0.6 is 0 Å². The third-order valence-electron chi connectivity index (χ3n) is 3.78. The van der Waals surface area contributed by atoms with Gasteiger partial charge in [0, 0.05) is 18.9 Å². The van der Waals surface area contributed by atoms with E-state index in [-0.39, 0.29) is 11.9 Å². The summed E-state index contributed by atoms with van der Waals surface area (Å²) in [6.45, 7) is 12.8. The zero-order valence-corrected chi connectivity index (χ0v) is 20.1. The first kappa shape index (κ1) is 29.9. The molecule has 30 heavy (non-hydrogen) atoms. The Bertz CT molecular complexity index is 640. The highest BCUT2D eigenvalue weighted by Gasteiger charge is 2.05. The molecule has 1 N–H and O–H groups in total. The van der Waals surface area contributed by atoms with Gasteiger partial charge >= 0.3 is 0 Å². The van der Waals surface area contributed by atoms with Crippen LogP contribution in [0.2, 0.25) is 0 Å². The number of Topliss-reactive ketones (excluding diaryl/α,β-unsaturated/α-hetero) is 2. The lowest BCUT2D eigenvalue weighted by atomic mass is 10.00. The van der Waals surface area contributed by atoms with Gasteiger partial charge in [-0.1, -0.05) is 66.6 Å². The van der Waals surface area contributed by atoms with Crippen LogP contribution in [0.3, 0.4) is 0 Å². The Kier molecular flexibility index (Phi) is 20.0. The van der Waals surface area contributed by atoms with Crippen molar-refractivity contribution in [3.63, 3.8) is 0 Å². The second-order valence-electron chi connectivity index (χ2n) is 7.84. The van der Waals surface area contributed by atoms with E-state index in [0.717, 1.165) is 25.7 Å². The van der Waals surface area contributed by atoms with Crippen molar-refractivity contribution in [2.45, 2.75) is 86.7 Å². The van der Waals surface area contributed by atoms with Crippen LogP contribution in [0, 0.1) is 20.8 Å². The first-order chi connectivity index (χ1) is 14.1. The van der Waals surface area contributed by atoms with Crippen molar-refractivity contribution in [2.24, 2.45) is 0 Å². The SMILES string of the molecule is CC(C)=O.CC(C)O.Cc1ccccc1.Cc1ccccc1C.O=C1CCCCC1. The van der Waals surface area contributed by atoms with E-state index in [1.807, 2.05) is 18.2 Å². The molecule has 1 aliphatic rings. The Hall–Kier alpha value is -2.26. The maximum Gasteiger partial charge on any atom is 0.132 e. The molecule has 0 saturated heterocycles. The summed E-state index contributed by atoms with van der Waals surface area (Å²) in [5.41, 5.74) is 4.06. The Morgan fingerprint density at radius 2 is 1.10 bits per heavy atom. The van der Waals surface area contributed by atoms with E-state index in [4.69, 9.17) is 5.11 Å². The normalized spacial score (nSPS) is 11.8. The molecule has 1 aliphatic carbocycles. The van der Waals surface area contributed by atoms with Crippen LogP contribution in [-0.4, -0.2) is 22.8 Å². The first-order valence-electron chi connectivity index (χ1n) is 10.8. The topological polar surface area (TPSA) is 54.4 Å². The number of carbonyl (C=O) groups is 2. The number of rotatable bonds is 0. The first-order valence-corrected chi connectivity index (χ1v) is 10.8. The van der Waals surface area contributed by atoms with Crippen molar-refractivity contribution in [3.8, 4) is 0 Å². The predicted molar refractivity (Wildman–Crippen MR) is 129 cm³/mol. The fourth-order valence-corrected chi connectivity index (χ4v) is 2.14. The molecule has 0 bridgehead atoms. The number of benzene rings is 2. The Balaban J connectivity index is 0. The van der Waals surface area contributed by atoms with E-state index in [2.05, 4.69) is 57.2 Å². The fourth-order valence-electron chi connectivity index (χ4n) is 2.14. The van der Waals surface area contributed by atoms with Crippen molar-refractivity contribution < 1.29 is 14.7 Å². The van der Waals surface area contributed by atoms with E-state index >= 15 is 0 Å². The van der Waals surface area contributed by atoms with Crippen LogP contribution in [0.1, 0.15) is 76.5 Å². The Morgan fingerprint density at radius 1 is 0.767 bits per heavy atom. The molecule has 0 spiro atoms. The lowest BCUT2D eigenvalue weighted by Crippen LogP contribution is -2.02. The molecule has 0 radical (unpaired) electrons. The van der Waals surface area contributed by atoms with Crippen molar-refractivity contribution in [1.29, 1.82) is 0 Å². The minimum Gasteiger partial charge on any atom is -0.394 e. The highest BCUT2D eigenvalue weighted by molar-refractivity contribution is 5.78. The van der Waals surface area contributed by atoms with Crippen LogP contribution in [0.4, 0.5) is 0 Å². The van der Waals surface area contributed by atoms with Crippen LogP contribution in [0.5, 0.6) is 0 Å². The van der Waals surface area contributed by atoms with Gasteiger partial charge in [0.25, 0.3) is 0 Å². The predicted octanol–water partition coefficient (Wildman–Crippen LogP) is 6.80. The zero-order valence-electron chi connectivity index (χ0n) is 20.1. The Morgan fingerprint density at radius 3 is 1.30 bits per heavy atom. The third-order valence-corrected chi connectivity index (χ3v) is 3.78. The smallest absolute Gasteiger partial charge is 0.132 e. The average Bonchev–Trinajstić information content (AvgIpc) is 2.66. The second kappa shape index (κ2) is 20.0. The quantitative estimate of drug-likeness (QED) is 0.516. The Labute approximate surface area is 184 Å². The number of aliphatic hydroxyl groups is 1. The molecule has 1 fully saturated rings. The molecule has 0 aliphatic heterocycles. The second-order valence-corrected chi connectivity index (χ2v) is 7.84. The van der Waals surface area contributed by atoms with E-state index < -0.39 is 0 Å². The van der Waals surface area contributed by atoms with Crippen LogP contribution < -0.4 is 0 Å². The molecule has 0 aromatic heterocycles. The van der Waals surface area contributed by atoms with Crippen LogP contribution in [0.15, 0.2) is 54.6 Å². The molecule has 3 heteroatoms. The summed E-state index contributed by atoms with van der Waals surface area (Å²) < 4.78 is 0. The van der Waals surface area contributed by atoms with Gasteiger partial charge in [0.1, 0.15) is 11.6 Å². The lowest BCUT2D eigenvalue weighted by Gasteiger charge is -2.05. The molecule has 2 aromatic rings. The van der Waals surface area contributed by atoms with Crippen molar-refractivity contribution in [1.82, 2.24) is 0 Å². The van der Waals surface area contributed by atoms with Crippen molar-refractivity contribution in [3.05, 3.63) is 71.3 Å². The molecule has 3 rings (SSSR count). The molecule has 0 amide bonds. The molecule has 0 atom stereocenters. The van der Waals surface area contributed by atoms with Gasteiger partial charge in [0.05, 0.1) is 0 Å². The van der Waals surface area contributed by atoms with Crippen LogP contribution in [0.25, 0.3) is 0 Å². The van der Waals surface area contributed by atoms with Crippen molar-refractivity contribution in [2.75, 3.05) is 0 Å². The molecule has 0 unspecified atom stereocenters. The zero-order chi connectivity index (χ0) is 23.4.